The van der Waals surface area contributed by atoms with Gasteiger partial charge in [0.25, 0.3) is 11.8 Å². The van der Waals surface area contributed by atoms with Crippen LogP contribution < -0.4 is 27.0 Å². The van der Waals surface area contributed by atoms with Crippen LogP contribution in [0.15, 0.2) is 12.2 Å². The van der Waals surface area contributed by atoms with Gasteiger partial charge in [0.2, 0.25) is 23.6 Å². The van der Waals surface area contributed by atoms with Crippen molar-refractivity contribution in [3.8, 4) is 0 Å². The highest BCUT2D eigenvalue weighted by Crippen LogP contribution is 2.27. The molecule has 6 amide bonds. The summed E-state index contributed by atoms with van der Waals surface area (Å²) in [4.78, 5) is 125. The molecule has 0 aromatic heterocycles. The van der Waals surface area contributed by atoms with Crippen molar-refractivity contribution in [2.24, 2.45) is 5.73 Å². The Morgan fingerprint density at radius 2 is 0.577 bits per heavy atom. The van der Waals surface area contributed by atoms with Crippen LogP contribution in [0.3, 0.4) is 0 Å². The van der Waals surface area contributed by atoms with Gasteiger partial charge in [-0.1, -0.05) is 35.4 Å². The number of amides is 6. The Morgan fingerprint density at radius 3 is 0.829 bits per heavy atom. The number of nitrogens with zero attached hydrogens (tertiary/aromatic N) is 1. The maximum atomic E-state index is 13.5. The smallest absolute Gasteiger partial charge is 0.305 e. The lowest BCUT2D eigenvalue weighted by molar-refractivity contribution is -0.144. The monoisotopic (exact) mass is 1830 g/mol. The number of imide groups is 1. The van der Waals surface area contributed by atoms with E-state index in [1.807, 2.05) is 13.8 Å². The molecule has 0 aromatic carbocycles. The molecular formula is C79H142N6O35S3. The van der Waals surface area contributed by atoms with Crippen LogP contribution in [0.5, 0.6) is 0 Å². The summed E-state index contributed by atoms with van der Waals surface area (Å²) in [5.41, 5.74) is 5.70. The van der Waals surface area contributed by atoms with E-state index in [9.17, 15) is 47.9 Å². The Morgan fingerprint density at radius 1 is 0.333 bits per heavy atom. The zero-order chi connectivity index (χ0) is 89.4. The quantitative estimate of drug-likeness (QED) is 0.0200. The van der Waals surface area contributed by atoms with Crippen molar-refractivity contribution in [3.63, 3.8) is 0 Å². The first-order chi connectivity index (χ1) is 60.0. The van der Waals surface area contributed by atoms with Crippen LogP contribution in [0.2, 0.25) is 0 Å². The molecule has 3 atom stereocenters. The summed E-state index contributed by atoms with van der Waals surface area (Å²) < 4.78 is 132. The SMILES string of the molecule is CC(=O)NCSC[C@H](NC(=O)CCC(=O)[C@H](CSSC(C)C)NC(=O)CCC(=O)[C@H](CN)N1C(=O)C=CC1=O)C(=O)CCC(=O)NCCOCCOCCOCCOCCOCCOCCOCCOCCOCCOCCOCCOCCOCCOCCOCCOCCOCCOCCOCCOCCOCCOCCOCCOCCC(=O)O. The summed E-state index contributed by atoms with van der Waals surface area (Å²) in [6, 6.07) is -3.32. The third-order valence-corrected chi connectivity index (χ3v) is 19.7. The Kier molecular flexibility index (Phi) is 84.4. The molecule has 123 heavy (non-hydrogen) atoms. The zero-order valence-corrected chi connectivity index (χ0v) is 74.9. The lowest BCUT2D eigenvalue weighted by atomic mass is 10.0. The first kappa shape index (κ1) is 116. The predicted octanol–water partition coefficient (Wildman–Crippen LogP) is -0.138. The number of nitrogens with two attached hydrogens (primary N) is 1. The molecule has 0 saturated carbocycles. The number of Topliss-reactive ketones (excluding diaryl/α,β-unsaturated/α-hetero) is 3. The van der Waals surface area contributed by atoms with Crippen LogP contribution in [-0.2, 0) is 162 Å². The van der Waals surface area contributed by atoms with E-state index in [2.05, 4.69) is 21.3 Å². The van der Waals surface area contributed by atoms with Gasteiger partial charge in [-0.3, -0.25) is 52.8 Å². The zero-order valence-electron chi connectivity index (χ0n) is 72.5. The normalized spacial score (nSPS) is 12.9. The molecule has 716 valence electrons. The van der Waals surface area contributed by atoms with Gasteiger partial charge < -0.3 is 146 Å². The van der Waals surface area contributed by atoms with Crippen molar-refractivity contribution in [2.45, 2.75) is 89.1 Å². The number of aliphatic carboxylic acids is 1. The van der Waals surface area contributed by atoms with Crippen LogP contribution >= 0.6 is 33.3 Å². The molecule has 0 aromatic rings. The maximum Gasteiger partial charge on any atom is 0.305 e. The number of nitrogens with one attached hydrogen (secondary N) is 4. The Balaban J connectivity index is 1.84. The minimum absolute atomic E-state index is 0.0174. The second kappa shape index (κ2) is 89.3. The molecule has 0 saturated heterocycles. The van der Waals surface area contributed by atoms with E-state index < -0.39 is 71.0 Å². The molecule has 1 aliphatic heterocycles. The number of hydrogen-bond donors (Lipinski definition) is 6. The van der Waals surface area contributed by atoms with Gasteiger partial charge in [0.05, 0.1) is 342 Å². The summed E-state index contributed by atoms with van der Waals surface area (Å²) in [6.45, 7) is 25.4. The number of carbonyl (C=O) groups excluding carboxylic acids is 9. The fourth-order valence-electron chi connectivity index (χ4n) is 9.53. The van der Waals surface area contributed by atoms with E-state index in [1.165, 1.54) is 40.3 Å². The number of ether oxygens (including phenoxy) is 24. The molecule has 0 aliphatic carbocycles. The van der Waals surface area contributed by atoms with Crippen LogP contribution in [0, 0.1) is 0 Å². The second-order valence-corrected chi connectivity index (χ2v) is 30.2. The van der Waals surface area contributed by atoms with E-state index in [0.717, 1.165) is 17.1 Å². The van der Waals surface area contributed by atoms with Crippen molar-refractivity contribution < 1.29 is 167 Å². The van der Waals surface area contributed by atoms with Gasteiger partial charge in [0, 0.05) is 87.4 Å². The number of thioether (sulfide) groups is 1. The molecule has 7 N–H and O–H groups in total. The first-order valence-electron chi connectivity index (χ1n) is 41.9. The molecule has 1 aliphatic rings. The summed E-state index contributed by atoms with van der Waals surface area (Å²) in [7, 11) is 2.82. The van der Waals surface area contributed by atoms with Gasteiger partial charge in [-0.25, -0.2) is 0 Å². The summed E-state index contributed by atoms with van der Waals surface area (Å²) >= 11 is 1.18. The lowest BCUT2D eigenvalue weighted by Gasteiger charge is -2.23. The van der Waals surface area contributed by atoms with Gasteiger partial charge in [0.15, 0.2) is 17.3 Å². The summed E-state index contributed by atoms with van der Waals surface area (Å²) in [6.07, 6.45) is 0.351. The molecule has 0 spiro atoms. The van der Waals surface area contributed by atoms with Crippen molar-refractivity contribution >= 4 is 92.1 Å². The average Bonchev–Trinajstić information content (AvgIpc) is 1.70. The second-order valence-electron chi connectivity index (χ2n) is 26.1. The van der Waals surface area contributed by atoms with Crippen LogP contribution in [0.4, 0.5) is 0 Å². The summed E-state index contributed by atoms with van der Waals surface area (Å²) in [5, 5.41) is 19.3. The van der Waals surface area contributed by atoms with Gasteiger partial charge in [-0.2, -0.15) is 0 Å². The standard InChI is InChI=1S/C79H142N6O35S3/c1-66(2)123-122-64-69(84-76(92)9-6-73(89)70(62-80)85-77(93)10-11-78(85)94)72(88)5-8-75(91)83-68(63-121-65-82-67(3)86)71(87)4-7-74(90)81-13-15-98-17-19-100-21-23-102-25-27-104-29-31-106-33-35-108-37-39-110-41-43-112-45-47-114-49-51-116-53-55-118-57-59-120-61-60-119-58-56-117-54-52-115-50-48-113-46-44-111-42-40-109-38-36-107-34-32-105-30-28-103-26-24-101-22-20-99-18-16-97-14-12-79(95)96/h10-11,66,68-70H,4-9,12-65,80H2,1-3H3,(H,81,90)(H,82,86)(H,83,91)(H,84,92)(H,95,96)/t68-,69-,70-/m0/s1. The fourth-order valence-corrected chi connectivity index (χ4v) is 12.7. The third kappa shape index (κ3) is 79.2. The Hall–Kier alpha value is -4.71. The van der Waals surface area contributed by atoms with E-state index in [0.29, 0.717) is 297 Å². The van der Waals surface area contributed by atoms with Gasteiger partial charge in [-0.05, 0) is 0 Å². The molecule has 0 bridgehead atoms. The molecule has 1 rings (SSSR count). The number of carbonyl (C=O) groups is 10. The minimum Gasteiger partial charge on any atom is -0.481 e. The first-order valence-corrected chi connectivity index (χ1v) is 45.5. The third-order valence-electron chi connectivity index (χ3n) is 15.8. The number of carboxylic acids is 1. The van der Waals surface area contributed by atoms with Crippen molar-refractivity contribution in [2.75, 3.05) is 348 Å². The Bertz CT molecular complexity index is 2630. The molecule has 0 fully saturated rings. The molecule has 41 nitrogen and oxygen atoms in total. The maximum absolute atomic E-state index is 13.5. The highest BCUT2D eigenvalue weighted by molar-refractivity contribution is 8.76. The molecule has 0 radical (unpaired) electrons. The number of carboxylic acid groups (broad SMARTS) is 1. The predicted molar refractivity (Wildman–Crippen MR) is 452 cm³/mol. The van der Waals surface area contributed by atoms with Crippen LogP contribution in [0.25, 0.3) is 0 Å². The van der Waals surface area contributed by atoms with Crippen molar-refractivity contribution in [3.05, 3.63) is 12.2 Å². The van der Waals surface area contributed by atoms with E-state index >= 15 is 0 Å². The van der Waals surface area contributed by atoms with Crippen molar-refractivity contribution in [1.29, 1.82) is 0 Å². The van der Waals surface area contributed by atoms with Gasteiger partial charge in [0.1, 0.15) is 6.04 Å². The highest BCUT2D eigenvalue weighted by atomic mass is 33.1. The number of ketones is 3. The van der Waals surface area contributed by atoms with E-state index in [1.54, 1.807) is 0 Å². The number of rotatable bonds is 99. The average molecular weight is 1830 g/mol. The topological polar surface area (TPSA) is 490 Å². The number of hydrogen-bond acceptors (Lipinski definition) is 38. The largest absolute Gasteiger partial charge is 0.481 e. The molecule has 0 unspecified atom stereocenters. The fraction of sp³-hybridized carbons (Fsp3) is 0.848. The Labute approximate surface area is 736 Å². The summed E-state index contributed by atoms with van der Waals surface area (Å²) in [5.74, 6) is -5.32. The molecule has 1 heterocycles. The molecule has 44 heteroatoms. The van der Waals surface area contributed by atoms with Crippen molar-refractivity contribution in [1.82, 2.24) is 26.2 Å². The van der Waals surface area contributed by atoms with Gasteiger partial charge in [-0.15, -0.1) is 11.8 Å². The van der Waals surface area contributed by atoms with Gasteiger partial charge >= 0.3 is 5.97 Å². The highest BCUT2D eigenvalue weighted by Gasteiger charge is 2.35. The molecular weight excluding hydrogens is 1690 g/mol. The van der Waals surface area contributed by atoms with E-state index in [-0.39, 0.29) is 106 Å². The van der Waals surface area contributed by atoms with Crippen LogP contribution in [0.1, 0.15) is 65.7 Å². The lowest BCUT2D eigenvalue weighted by Crippen LogP contribution is -2.49. The van der Waals surface area contributed by atoms with Crippen LogP contribution in [-0.4, -0.2) is 440 Å². The van der Waals surface area contributed by atoms with E-state index in [4.69, 9.17) is 125 Å². The minimum atomic E-state index is -1.25.